The minimum absolute atomic E-state index is 0.168. The summed E-state index contributed by atoms with van der Waals surface area (Å²) in [5.74, 6) is -2.73. The van der Waals surface area contributed by atoms with E-state index < -0.39 is 17.7 Å². The van der Waals surface area contributed by atoms with E-state index in [1.54, 1.807) is 0 Å². The number of carbonyl (C=O) groups is 2. The number of cyclic esters (lactones) is 1. The lowest BCUT2D eigenvalue weighted by molar-refractivity contribution is -0.211. The quantitative estimate of drug-likeness (QED) is 0.617. The minimum Gasteiger partial charge on any atom is -0.423 e. The summed E-state index contributed by atoms with van der Waals surface area (Å²) in [6.07, 6.45) is 1.94. The first-order valence-electron chi connectivity index (χ1n) is 6.32. The number of amides is 1. The number of primary amides is 1. The van der Waals surface area contributed by atoms with E-state index in [0.29, 0.717) is 6.61 Å². The molecule has 0 aromatic heterocycles. The van der Waals surface area contributed by atoms with Crippen molar-refractivity contribution in [3.8, 4) is 0 Å². The molecule has 1 aromatic rings. The molecule has 2 N–H and O–H groups in total. The maximum absolute atomic E-state index is 11.4. The van der Waals surface area contributed by atoms with Crippen molar-refractivity contribution in [1.82, 2.24) is 0 Å². The molecule has 5 nitrogen and oxygen atoms in total. The molecule has 0 saturated carbocycles. The molecule has 0 radical (unpaired) electrons. The number of carbonyl (C=O) groups excluding carboxylic acids is 2. The highest BCUT2D eigenvalue weighted by Gasteiger charge is 2.47. The number of hydrogen-bond acceptors (Lipinski definition) is 4. The van der Waals surface area contributed by atoms with E-state index >= 15 is 0 Å². The standard InChI is InChI=1S/C14H17NO4/c15-13(17)14(9-8-12(16)19-14)18-10-4-7-11-5-2-1-3-6-11/h1-3,5-6H,4,7-10H2,(H2,15,17). The average Bonchev–Trinajstić information content (AvgIpc) is 2.79. The fraction of sp³-hybridized carbons (Fsp3) is 0.429. The number of esters is 1. The molecule has 1 aromatic carbocycles. The van der Waals surface area contributed by atoms with Crippen molar-refractivity contribution in [2.45, 2.75) is 31.5 Å². The van der Waals surface area contributed by atoms with Gasteiger partial charge in [-0.25, -0.2) is 0 Å². The first-order valence-corrected chi connectivity index (χ1v) is 6.32. The Morgan fingerprint density at radius 2 is 2.11 bits per heavy atom. The van der Waals surface area contributed by atoms with Crippen molar-refractivity contribution in [2.24, 2.45) is 5.73 Å². The van der Waals surface area contributed by atoms with Gasteiger partial charge >= 0.3 is 5.97 Å². The van der Waals surface area contributed by atoms with Crippen LogP contribution in [0.5, 0.6) is 0 Å². The summed E-state index contributed by atoms with van der Waals surface area (Å²) in [5.41, 5.74) is 6.44. The molecule has 19 heavy (non-hydrogen) atoms. The monoisotopic (exact) mass is 263 g/mol. The molecule has 1 aliphatic heterocycles. The van der Waals surface area contributed by atoms with Crippen LogP contribution in [0.4, 0.5) is 0 Å². The molecule has 0 spiro atoms. The van der Waals surface area contributed by atoms with Crippen molar-refractivity contribution >= 4 is 11.9 Å². The van der Waals surface area contributed by atoms with Crippen LogP contribution in [0.2, 0.25) is 0 Å². The number of nitrogens with two attached hydrogens (primary N) is 1. The van der Waals surface area contributed by atoms with Crippen LogP contribution in [0, 0.1) is 0 Å². The molecule has 102 valence electrons. The van der Waals surface area contributed by atoms with E-state index in [0.717, 1.165) is 12.8 Å². The number of hydrogen-bond donors (Lipinski definition) is 1. The smallest absolute Gasteiger partial charge is 0.309 e. The highest BCUT2D eigenvalue weighted by atomic mass is 16.7. The van der Waals surface area contributed by atoms with Gasteiger partial charge in [0.1, 0.15) is 0 Å². The fourth-order valence-corrected chi connectivity index (χ4v) is 2.06. The third kappa shape index (κ3) is 3.32. The van der Waals surface area contributed by atoms with Crippen LogP contribution in [0.3, 0.4) is 0 Å². The predicted molar refractivity (Wildman–Crippen MR) is 68.0 cm³/mol. The van der Waals surface area contributed by atoms with Crippen LogP contribution < -0.4 is 5.73 Å². The molecule has 1 saturated heterocycles. The van der Waals surface area contributed by atoms with Gasteiger partial charge in [0.05, 0.1) is 13.0 Å². The Labute approximate surface area is 111 Å². The van der Waals surface area contributed by atoms with Crippen LogP contribution in [-0.4, -0.2) is 24.3 Å². The van der Waals surface area contributed by atoms with Gasteiger partial charge in [-0.2, -0.15) is 0 Å². The second-order valence-electron chi connectivity index (χ2n) is 4.53. The number of ether oxygens (including phenoxy) is 2. The molecule has 2 rings (SSSR count). The zero-order valence-corrected chi connectivity index (χ0v) is 10.6. The molecule has 1 amide bonds. The third-order valence-corrected chi connectivity index (χ3v) is 3.10. The molecule has 0 bridgehead atoms. The summed E-state index contributed by atoms with van der Waals surface area (Å²) in [6.45, 7) is 0.325. The predicted octanol–water partition coefficient (Wildman–Crippen LogP) is 1.15. The number of benzene rings is 1. The Hall–Kier alpha value is -1.88. The van der Waals surface area contributed by atoms with E-state index in [4.69, 9.17) is 15.2 Å². The zero-order chi connectivity index (χ0) is 13.7. The Bertz CT molecular complexity index is 460. The van der Waals surface area contributed by atoms with Crippen LogP contribution in [0.25, 0.3) is 0 Å². The molecule has 1 aliphatic rings. The third-order valence-electron chi connectivity index (χ3n) is 3.10. The summed E-state index contributed by atoms with van der Waals surface area (Å²) in [7, 11) is 0. The largest absolute Gasteiger partial charge is 0.423 e. The molecular weight excluding hydrogens is 246 g/mol. The molecule has 1 fully saturated rings. The van der Waals surface area contributed by atoms with E-state index in [1.807, 2.05) is 30.3 Å². The second-order valence-corrected chi connectivity index (χ2v) is 4.53. The van der Waals surface area contributed by atoms with E-state index in [1.165, 1.54) is 5.56 Å². The highest BCUT2D eigenvalue weighted by Crippen LogP contribution is 2.28. The Kier molecular flexibility index (Phi) is 4.16. The summed E-state index contributed by atoms with van der Waals surface area (Å²) in [6, 6.07) is 9.96. The Morgan fingerprint density at radius 1 is 1.37 bits per heavy atom. The highest BCUT2D eigenvalue weighted by molar-refractivity contribution is 5.87. The minimum atomic E-state index is -1.55. The molecular formula is C14H17NO4. The summed E-state index contributed by atoms with van der Waals surface area (Å²) in [5, 5.41) is 0. The molecule has 0 aliphatic carbocycles. The summed E-state index contributed by atoms with van der Waals surface area (Å²) in [4.78, 5) is 22.5. The van der Waals surface area contributed by atoms with E-state index in [-0.39, 0.29) is 12.8 Å². The molecule has 1 unspecified atom stereocenters. The first kappa shape index (κ1) is 13.5. The van der Waals surface area contributed by atoms with Gasteiger partial charge in [0, 0.05) is 6.42 Å². The number of aryl methyl sites for hydroxylation is 1. The van der Waals surface area contributed by atoms with Crippen LogP contribution in [0.15, 0.2) is 30.3 Å². The fourth-order valence-electron chi connectivity index (χ4n) is 2.06. The lowest BCUT2D eigenvalue weighted by atomic mass is 10.1. The lowest BCUT2D eigenvalue weighted by Gasteiger charge is -2.23. The van der Waals surface area contributed by atoms with Gasteiger partial charge in [-0.1, -0.05) is 30.3 Å². The van der Waals surface area contributed by atoms with Gasteiger partial charge < -0.3 is 15.2 Å². The van der Waals surface area contributed by atoms with Gasteiger partial charge in [-0.3, -0.25) is 9.59 Å². The van der Waals surface area contributed by atoms with Gasteiger partial charge in [0.25, 0.3) is 11.7 Å². The topological polar surface area (TPSA) is 78.6 Å². The maximum atomic E-state index is 11.4. The van der Waals surface area contributed by atoms with E-state index in [9.17, 15) is 9.59 Å². The second kappa shape index (κ2) is 5.84. The molecule has 1 heterocycles. The van der Waals surface area contributed by atoms with Gasteiger partial charge in [-0.05, 0) is 18.4 Å². The SMILES string of the molecule is NC(=O)C1(OCCCc2ccccc2)CCC(=O)O1. The lowest BCUT2D eigenvalue weighted by Crippen LogP contribution is -2.46. The summed E-state index contributed by atoms with van der Waals surface area (Å²) >= 11 is 0. The Balaban J connectivity index is 1.81. The van der Waals surface area contributed by atoms with Crippen molar-refractivity contribution in [1.29, 1.82) is 0 Å². The summed E-state index contributed by atoms with van der Waals surface area (Å²) < 4.78 is 10.4. The average molecular weight is 263 g/mol. The van der Waals surface area contributed by atoms with Crippen LogP contribution >= 0.6 is 0 Å². The van der Waals surface area contributed by atoms with Gasteiger partial charge in [0.15, 0.2) is 0 Å². The normalized spacial score (nSPS) is 22.2. The number of rotatable bonds is 6. The molecule has 5 heteroatoms. The maximum Gasteiger partial charge on any atom is 0.309 e. The van der Waals surface area contributed by atoms with Crippen molar-refractivity contribution in [2.75, 3.05) is 6.61 Å². The van der Waals surface area contributed by atoms with Gasteiger partial charge in [-0.15, -0.1) is 0 Å². The first-order chi connectivity index (χ1) is 9.12. The van der Waals surface area contributed by atoms with Crippen molar-refractivity contribution in [3.05, 3.63) is 35.9 Å². The molecule has 1 atom stereocenters. The van der Waals surface area contributed by atoms with Crippen molar-refractivity contribution < 1.29 is 19.1 Å². The Morgan fingerprint density at radius 3 is 2.68 bits per heavy atom. The van der Waals surface area contributed by atoms with Crippen molar-refractivity contribution in [3.63, 3.8) is 0 Å². The van der Waals surface area contributed by atoms with Gasteiger partial charge in [0.2, 0.25) is 0 Å². The zero-order valence-electron chi connectivity index (χ0n) is 10.6. The van der Waals surface area contributed by atoms with E-state index in [2.05, 4.69) is 0 Å². The van der Waals surface area contributed by atoms with Crippen LogP contribution in [0.1, 0.15) is 24.8 Å². The van der Waals surface area contributed by atoms with Crippen LogP contribution in [-0.2, 0) is 25.5 Å².